The van der Waals surface area contributed by atoms with Gasteiger partial charge < -0.3 is 10.6 Å². The lowest BCUT2D eigenvalue weighted by atomic mass is 9.75. The van der Waals surface area contributed by atoms with Gasteiger partial charge in [0.2, 0.25) is 5.91 Å². The van der Waals surface area contributed by atoms with E-state index >= 15 is 4.39 Å². The fourth-order valence-corrected chi connectivity index (χ4v) is 6.97. The van der Waals surface area contributed by atoms with Crippen molar-refractivity contribution in [1.82, 2.24) is 9.62 Å². The molecular formula is C30H41ClFN3OS. The first-order valence-electron chi connectivity index (χ1n) is 14.0. The van der Waals surface area contributed by atoms with E-state index in [1.807, 2.05) is 30.1 Å². The summed E-state index contributed by atoms with van der Waals surface area (Å²) in [4.78, 5) is 13.4. The molecule has 1 heterocycles. The van der Waals surface area contributed by atoms with E-state index in [0.29, 0.717) is 41.1 Å². The molecule has 202 valence electrons. The first-order valence-corrected chi connectivity index (χ1v) is 15.3. The molecule has 2 aliphatic rings. The maximum absolute atomic E-state index is 15.0. The number of halogens is 2. The number of carbonyl (C=O) groups is 1. The van der Waals surface area contributed by atoms with Crippen LogP contribution in [-0.4, -0.2) is 41.6 Å². The number of rotatable bonds is 11. The van der Waals surface area contributed by atoms with Gasteiger partial charge in [-0.3, -0.25) is 4.79 Å². The van der Waals surface area contributed by atoms with Crippen molar-refractivity contribution < 1.29 is 9.18 Å². The summed E-state index contributed by atoms with van der Waals surface area (Å²) in [6, 6.07) is 13.3. The van der Waals surface area contributed by atoms with Gasteiger partial charge in [0.15, 0.2) is 0 Å². The van der Waals surface area contributed by atoms with Crippen LogP contribution in [0.4, 0.5) is 10.1 Å². The topological polar surface area (TPSA) is 44.4 Å². The van der Waals surface area contributed by atoms with Crippen LogP contribution in [0.5, 0.6) is 0 Å². The zero-order valence-corrected chi connectivity index (χ0v) is 23.6. The van der Waals surface area contributed by atoms with Crippen molar-refractivity contribution >= 4 is 35.1 Å². The largest absolute Gasteiger partial charge is 0.326 e. The maximum Gasteiger partial charge on any atom is 0.225 e. The van der Waals surface area contributed by atoms with E-state index in [4.69, 9.17) is 11.6 Å². The third-order valence-electron chi connectivity index (χ3n) is 7.80. The Morgan fingerprint density at radius 2 is 1.97 bits per heavy atom. The number of piperazine rings is 1. The molecule has 0 spiro atoms. The number of carbonyl (C=O) groups excluding carboxylic acids is 1. The SMILES string of the molecule is CCCSN1CCNC[C@@H]1CCc1c(F)cccc1NC(=O)CC(c1ccc(Cl)cc1)C1CCCCC1. The van der Waals surface area contributed by atoms with E-state index in [1.165, 1.54) is 30.9 Å². The lowest BCUT2D eigenvalue weighted by Crippen LogP contribution is -2.48. The minimum absolute atomic E-state index is 0.0446. The van der Waals surface area contributed by atoms with E-state index in [1.54, 1.807) is 6.07 Å². The zero-order chi connectivity index (χ0) is 26.0. The van der Waals surface area contributed by atoms with Gasteiger partial charge >= 0.3 is 0 Å². The van der Waals surface area contributed by atoms with Crippen molar-refractivity contribution in [2.45, 2.75) is 76.7 Å². The summed E-state index contributed by atoms with van der Waals surface area (Å²) in [5.74, 6) is 1.45. The van der Waals surface area contributed by atoms with E-state index < -0.39 is 0 Å². The van der Waals surface area contributed by atoms with Crippen LogP contribution in [0.1, 0.15) is 75.3 Å². The minimum atomic E-state index is -0.240. The third kappa shape index (κ3) is 8.19. The molecule has 1 amide bonds. The Balaban J connectivity index is 1.44. The Morgan fingerprint density at radius 1 is 1.19 bits per heavy atom. The van der Waals surface area contributed by atoms with Crippen LogP contribution in [0.2, 0.25) is 5.02 Å². The Labute approximate surface area is 231 Å². The van der Waals surface area contributed by atoms with Gasteiger partial charge in [0.1, 0.15) is 5.82 Å². The van der Waals surface area contributed by atoms with Crippen LogP contribution < -0.4 is 10.6 Å². The average Bonchev–Trinajstić information content (AvgIpc) is 2.92. The van der Waals surface area contributed by atoms with Crippen molar-refractivity contribution in [3.8, 4) is 0 Å². The average molecular weight is 546 g/mol. The molecule has 4 nitrogen and oxygen atoms in total. The fourth-order valence-electron chi connectivity index (χ4n) is 5.81. The standard InChI is InChI=1S/C30H41ClFN3OS/c1-2-19-37-35-18-17-33-21-25(35)15-16-26-28(32)9-6-10-29(26)34-30(36)20-27(22-7-4-3-5-8-22)23-11-13-24(31)14-12-23/h6,9-14,22,25,27,33H,2-5,7-8,15-21H2,1H3,(H,34,36)/t25-,27?/m0/s1. The molecule has 2 aromatic rings. The second-order valence-electron chi connectivity index (χ2n) is 10.4. The van der Waals surface area contributed by atoms with Gasteiger partial charge in [-0.15, -0.1) is 0 Å². The van der Waals surface area contributed by atoms with E-state index in [9.17, 15) is 4.79 Å². The molecule has 1 unspecified atom stereocenters. The molecule has 0 aromatic heterocycles. The van der Waals surface area contributed by atoms with Gasteiger partial charge in [0.05, 0.1) is 0 Å². The van der Waals surface area contributed by atoms with Crippen molar-refractivity contribution in [2.75, 3.05) is 30.7 Å². The van der Waals surface area contributed by atoms with Crippen molar-refractivity contribution in [1.29, 1.82) is 0 Å². The molecule has 2 N–H and O–H groups in total. The van der Waals surface area contributed by atoms with Crippen LogP contribution in [0.25, 0.3) is 0 Å². The van der Waals surface area contributed by atoms with Crippen molar-refractivity contribution in [3.05, 3.63) is 64.4 Å². The van der Waals surface area contributed by atoms with Crippen LogP contribution in [0.3, 0.4) is 0 Å². The normalized spacial score (nSPS) is 20.0. The van der Waals surface area contributed by atoms with E-state index in [-0.39, 0.29) is 17.6 Å². The summed E-state index contributed by atoms with van der Waals surface area (Å²) in [5.41, 5.74) is 2.39. The number of hydrogen-bond acceptors (Lipinski definition) is 4. The number of amides is 1. The predicted octanol–water partition coefficient (Wildman–Crippen LogP) is 7.44. The van der Waals surface area contributed by atoms with E-state index in [2.05, 4.69) is 34.0 Å². The molecule has 2 atom stereocenters. The lowest BCUT2D eigenvalue weighted by Gasteiger charge is -2.35. The first-order chi connectivity index (χ1) is 18.0. The Morgan fingerprint density at radius 3 is 2.73 bits per heavy atom. The Kier molecular flexibility index (Phi) is 11.2. The van der Waals surface area contributed by atoms with Gasteiger partial charge in [-0.2, -0.15) is 0 Å². The highest BCUT2D eigenvalue weighted by Gasteiger charge is 2.28. The van der Waals surface area contributed by atoms with Gasteiger partial charge in [0.25, 0.3) is 0 Å². The molecule has 2 aromatic carbocycles. The fraction of sp³-hybridized carbons (Fsp3) is 0.567. The Bertz CT molecular complexity index is 999. The molecule has 4 rings (SSSR count). The van der Waals surface area contributed by atoms with Gasteiger partial charge in [0, 0.05) is 54.1 Å². The molecule has 1 aliphatic carbocycles. The molecule has 2 fully saturated rings. The van der Waals surface area contributed by atoms with Crippen molar-refractivity contribution in [3.63, 3.8) is 0 Å². The molecule has 1 aliphatic heterocycles. The second kappa shape index (κ2) is 14.5. The summed E-state index contributed by atoms with van der Waals surface area (Å²) in [6.07, 6.45) is 8.99. The monoisotopic (exact) mass is 545 g/mol. The number of anilines is 1. The number of hydrogen-bond donors (Lipinski definition) is 2. The van der Waals surface area contributed by atoms with Crippen molar-refractivity contribution in [2.24, 2.45) is 5.92 Å². The summed E-state index contributed by atoms with van der Waals surface area (Å²) in [7, 11) is 0. The Hall–Kier alpha value is -1.60. The second-order valence-corrected chi connectivity index (χ2v) is 12.0. The number of benzene rings is 2. The highest BCUT2D eigenvalue weighted by molar-refractivity contribution is 7.97. The lowest BCUT2D eigenvalue weighted by molar-refractivity contribution is -0.116. The molecular weight excluding hydrogens is 505 g/mol. The molecule has 0 radical (unpaired) electrons. The summed E-state index contributed by atoms with van der Waals surface area (Å²) < 4.78 is 17.5. The summed E-state index contributed by atoms with van der Waals surface area (Å²) >= 11 is 8.04. The zero-order valence-electron chi connectivity index (χ0n) is 22.0. The van der Waals surface area contributed by atoms with E-state index in [0.717, 1.165) is 51.1 Å². The molecule has 7 heteroatoms. The van der Waals surface area contributed by atoms with Crippen LogP contribution in [0, 0.1) is 11.7 Å². The predicted molar refractivity (Wildman–Crippen MR) is 155 cm³/mol. The molecule has 1 saturated heterocycles. The van der Waals surface area contributed by atoms with Gasteiger partial charge in [-0.05, 0) is 73.8 Å². The maximum atomic E-state index is 15.0. The summed E-state index contributed by atoms with van der Waals surface area (Å²) in [5, 5.41) is 7.29. The molecule has 1 saturated carbocycles. The number of nitrogens with one attached hydrogen (secondary N) is 2. The van der Waals surface area contributed by atoms with Crippen LogP contribution in [-0.2, 0) is 11.2 Å². The third-order valence-corrected chi connectivity index (χ3v) is 9.46. The van der Waals surface area contributed by atoms with Gasteiger partial charge in [-0.1, -0.05) is 67.9 Å². The highest BCUT2D eigenvalue weighted by Crippen LogP contribution is 2.39. The molecule has 0 bridgehead atoms. The van der Waals surface area contributed by atoms with Crippen LogP contribution in [0.15, 0.2) is 42.5 Å². The van der Waals surface area contributed by atoms with Crippen LogP contribution >= 0.6 is 23.5 Å². The number of nitrogens with zero attached hydrogens (tertiary/aromatic N) is 1. The molecule has 37 heavy (non-hydrogen) atoms. The smallest absolute Gasteiger partial charge is 0.225 e. The minimum Gasteiger partial charge on any atom is -0.326 e. The summed E-state index contributed by atoms with van der Waals surface area (Å²) in [6.45, 7) is 5.11. The van der Waals surface area contributed by atoms with Gasteiger partial charge in [-0.25, -0.2) is 8.70 Å². The quantitative estimate of drug-likeness (QED) is 0.288. The first kappa shape index (κ1) is 28.4. The highest BCUT2D eigenvalue weighted by atomic mass is 35.5.